The van der Waals surface area contributed by atoms with Crippen LogP contribution in [0.15, 0.2) is 67.3 Å². The first-order valence-corrected chi connectivity index (χ1v) is 9.92. The molecule has 0 bridgehead atoms. The van der Waals surface area contributed by atoms with Gasteiger partial charge in [-0.1, -0.05) is 36.4 Å². The summed E-state index contributed by atoms with van der Waals surface area (Å²) in [6, 6.07) is 17.5. The van der Waals surface area contributed by atoms with E-state index in [4.69, 9.17) is 9.97 Å². The third-order valence-corrected chi connectivity index (χ3v) is 6.65. The molecular formula is C24H17BN4+2. The number of nitrogens with zero attached hydrogens (tertiary/aromatic N) is 4. The van der Waals surface area contributed by atoms with Crippen molar-refractivity contribution in [2.75, 3.05) is 0 Å². The van der Waals surface area contributed by atoms with Gasteiger partial charge in [0.1, 0.15) is 20.4 Å². The molecule has 0 aliphatic carbocycles. The first-order valence-electron chi connectivity index (χ1n) is 9.92. The van der Waals surface area contributed by atoms with Crippen LogP contribution in [0.1, 0.15) is 0 Å². The number of pyridine rings is 2. The Hall–Kier alpha value is -3.60. The zero-order chi connectivity index (χ0) is 19.3. The Morgan fingerprint density at radius 1 is 0.690 bits per heavy atom. The zero-order valence-electron chi connectivity index (χ0n) is 16.2. The van der Waals surface area contributed by atoms with Crippen LogP contribution in [-0.4, -0.2) is 16.7 Å². The van der Waals surface area contributed by atoms with E-state index in [1.54, 1.807) is 6.33 Å². The highest BCUT2D eigenvalue weighted by molar-refractivity contribution is 6.99. The highest BCUT2D eigenvalue weighted by Gasteiger charge is 2.49. The fraction of sp³-hybridized carbons (Fsp3) is 0.0833. The van der Waals surface area contributed by atoms with E-state index in [1.165, 1.54) is 49.3 Å². The molecule has 0 unspecified atom stereocenters. The molecule has 4 nitrogen and oxygen atoms in total. The molecule has 2 aromatic carbocycles. The summed E-state index contributed by atoms with van der Waals surface area (Å²) in [6.45, 7) is 0.105. The zero-order valence-corrected chi connectivity index (χ0v) is 16.2. The molecule has 5 heteroatoms. The minimum absolute atomic E-state index is 0.105. The van der Waals surface area contributed by atoms with Gasteiger partial charge in [0.15, 0.2) is 23.6 Å². The highest BCUT2D eigenvalue weighted by Crippen LogP contribution is 2.35. The average Bonchev–Trinajstić information content (AvgIpc) is 2.76. The van der Waals surface area contributed by atoms with Crippen LogP contribution in [0.4, 0.5) is 0 Å². The summed E-state index contributed by atoms with van der Waals surface area (Å²) >= 11 is 0. The van der Waals surface area contributed by atoms with Crippen molar-refractivity contribution in [3.8, 4) is 22.5 Å². The first-order chi connectivity index (χ1) is 14.2. The smallest absolute Gasteiger partial charge is 0.237 e. The van der Waals surface area contributed by atoms with Crippen molar-refractivity contribution in [2.24, 2.45) is 14.1 Å². The lowest BCUT2D eigenvalue weighted by molar-refractivity contribution is -0.657. The minimum atomic E-state index is 0.105. The third-order valence-electron chi connectivity index (χ3n) is 6.65. The Bertz CT molecular complexity index is 1430. The second-order valence-corrected chi connectivity index (χ2v) is 8.08. The fourth-order valence-electron chi connectivity index (χ4n) is 5.48. The molecule has 0 amide bonds. The van der Waals surface area contributed by atoms with Gasteiger partial charge in [-0.2, -0.15) is 0 Å². The summed E-state index contributed by atoms with van der Waals surface area (Å²) in [5, 5.41) is 5.12. The maximum Gasteiger partial charge on any atom is 0.411 e. The van der Waals surface area contributed by atoms with Crippen LogP contribution in [0.5, 0.6) is 0 Å². The topological polar surface area (TPSA) is 33.5 Å². The fourth-order valence-corrected chi connectivity index (χ4v) is 5.48. The minimum Gasteiger partial charge on any atom is -0.237 e. The van der Waals surface area contributed by atoms with Crippen LogP contribution in [0.2, 0.25) is 0 Å². The van der Waals surface area contributed by atoms with Gasteiger partial charge in [-0.25, -0.2) is 19.1 Å². The molecule has 0 spiro atoms. The van der Waals surface area contributed by atoms with Crippen molar-refractivity contribution >= 4 is 44.9 Å². The second-order valence-electron chi connectivity index (χ2n) is 8.08. The van der Waals surface area contributed by atoms with E-state index in [2.05, 4.69) is 84.2 Å². The van der Waals surface area contributed by atoms with Gasteiger partial charge >= 0.3 is 6.71 Å². The number of aryl methyl sites for hydroxylation is 2. The van der Waals surface area contributed by atoms with Gasteiger partial charge in [-0.15, -0.1) is 0 Å². The molecule has 0 N–H and O–H groups in total. The van der Waals surface area contributed by atoms with Crippen molar-refractivity contribution < 1.29 is 9.13 Å². The van der Waals surface area contributed by atoms with Crippen molar-refractivity contribution in [3.63, 3.8) is 0 Å². The Morgan fingerprint density at radius 3 is 1.72 bits per heavy atom. The quantitative estimate of drug-likeness (QED) is 0.293. The van der Waals surface area contributed by atoms with Gasteiger partial charge in [0.05, 0.1) is 11.4 Å². The van der Waals surface area contributed by atoms with Crippen molar-refractivity contribution in [2.45, 2.75) is 0 Å². The Labute approximate surface area is 168 Å². The number of aromatic nitrogens is 4. The van der Waals surface area contributed by atoms with Crippen LogP contribution in [0.3, 0.4) is 0 Å². The molecule has 29 heavy (non-hydrogen) atoms. The summed E-state index contributed by atoms with van der Waals surface area (Å²) in [5.74, 6) is 0. The van der Waals surface area contributed by atoms with E-state index in [9.17, 15) is 0 Å². The van der Waals surface area contributed by atoms with Gasteiger partial charge in [-0.05, 0) is 16.2 Å². The van der Waals surface area contributed by atoms with E-state index < -0.39 is 0 Å². The Balaban J connectivity index is 1.80. The molecule has 3 aromatic heterocycles. The number of hydrogen-bond acceptors (Lipinski definition) is 2. The van der Waals surface area contributed by atoms with Crippen LogP contribution in [-0.2, 0) is 14.1 Å². The number of rotatable bonds is 0. The van der Waals surface area contributed by atoms with Crippen LogP contribution in [0, 0.1) is 0 Å². The maximum atomic E-state index is 4.80. The van der Waals surface area contributed by atoms with Crippen LogP contribution >= 0.6 is 0 Å². The third kappa shape index (κ3) is 1.72. The normalized spacial score (nSPS) is 13.1. The molecule has 0 saturated carbocycles. The van der Waals surface area contributed by atoms with E-state index in [0.717, 1.165) is 11.4 Å². The van der Waals surface area contributed by atoms with E-state index in [0.29, 0.717) is 0 Å². The molecule has 0 atom stereocenters. The molecular weight excluding hydrogens is 355 g/mol. The molecule has 2 aliphatic rings. The van der Waals surface area contributed by atoms with Crippen LogP contribution < -0.4 is 25.8 Å². The largest absolute Gasteiger partial charge is 0.411 e. The molecule has 7 rings (SSSR count). The van der Waals surface area contributed by atoms with E-state index in [1.807, 2.05) is 0 Å². The number of fused-ring (bicyclic) bond motifs is 4. The second kappa shape index (κ2) is 5.06. The summed E-state index contributed by atoms with van der Waals surface area (Å²) in [7, 11) is 4.31. The van der Waals surface area contributed by atoms with Gasteiger partial charge in [-0.3, -0.25) is 0 Å². The van der Waals surface area contributed by atoms with Gasteiger partial charge in [0.2, 0.25) is 0 Å². The lowest BCUT2D eigenvalue weighted by Crippen LogP contribution is -2.73. The van der Waals surface area contributed by atoms with Crippen LogP contribution in [0.25, 0.3) is 44.1 Å². The number of benzene rings is 2. The van der Waals surface area contributed by atoms with E-state index in [-0.39, 0.29) is 6.71 Å². The Kier molecular flexibility index (Phi) is 2.68. The lowest BCUT2D eigenvalue weighted by atomic mass is 9.34. The molecule has 2 aliphatic heterocycles. The molecule has 0 saturated heterocycles. The maximum absolute atomic E-state index is 4.80. The molecule has 0 radical (unpaired) electrons. The SMILES string of the molecule is C[n+]1ccc2cccc3c2c1B1c2c-3ncnc2-c2cccc3cc[n+](C)c1c23. The van der Waals surface area contributed by atoms with Crippen molar-refractivity contribution in [1.82, 2.24) is 9.97 Å². The van der Waals surface area contributed by atoms with Gasteiger partial charge < -0.3 is 0 Å². The van der Waals surface area contributed by atoms with Gasteiger partial charge in [0.25, 0.3) is 0 Å². The summed E-state index contributed by atoms with van der Waals surface area (Å²) < 4.78 is 4.56. The Morgan fingerprint density at radius 2 is 1.21 bits per heavy atom. The van der Waals surface area contributed by atoms with Gasteiger partial charge in [0, 0.05) is 34.0 Å². The highest BCUT2D eigenvalue weighted by atomic mass is 14.9. The number of hydrogen-bond donors (Lipinski definition) is 0. The summed E-state index contributed by atoms with van der Waals surface area (Å²) in [5.41, 5.74) is 8.41. The molecule has 134 valence electrons. The predicted molar refractivity (Wildman–Crippen MR) is 115 cm³/mol. The summed E-state index contributed by atoms with van der Waals surface area (Å²) in [4.78, 5) is 9.61. The standard InChI is InChI=1S/C24H17BN4/c1-28-11-9-14-5-3-7-16-18(14)23(28)25-20-21(16)26-13-27-22(20)17-8-4-6-15-10-12-29(2)24(25)19(15)17/h3-13H,1-2H3/q+2. The summed E-state index contributed by atoms with van der Waals surface area (Å²) in [6.07, 6.45) is 6.08. The lowest BCUT2D eigenvalue weighted by Gasteiger charge is -2.28. The molecule has 0 fully saturated rings. The van der Waals surface area contributed by atoms with Crippen molar-refractivity contribution in [1.29, 1.82) is 0 Å². The predicted octanol–water partition coefficient (Wildman–Crippen LogP) is 0.909. The molecule has 5 heterocycles. The monoisotopic (exact) mass is 372 g/mol. The average molecular weight is 372 g/mol. The van der Waals surface area contributed by atoms with E-state index >= 15 is 0 Å². The molecule has 5 aromatic rings. The van der Waals surface area contributed by atoms with Crippen molar-refractivity contribution in [3.05, 3.63) is 67.3 Å². The first kappa shape index (κ1) is 15.3.